The molecule has 0 aliphatic heterocycles. The highest BCUT2D eigenvalue weighted by Crippen LogP contribution is 2.30. The fourth-order valence-corrected chi connectivity index (χ4v) is 1.92. The van der Waals surface area contributed by atoms with Gasteiger partial charge < -0.3 is 4.98 Å². The Kier molecular flexibility index (Phi) is 2.89. The summed E-state index contributed by atoms with van der Waals surface area (Å²) in [4.78, 5) is 10.3. The molecular weight excluding hydrogens is 293 g/mol. The Labute approximate surface area is 114 Å². The average molecular weight is 299 g/mol. The van der Waals surface area contributed by atoms with Gasteiger partial charge >= 0.3 is 0 Å². The number of hydrogen-bond donors (Lipinski definition) is 1. The summed E-state index contributed by atoms with van der Waals surface area (Å²) in [6, 6.07) is 3.16. The van der Waals surface area contributed by atoms with E-state index in [0.717, 1.165) is 0 Å². The van der Waals surface area contributed by atoms with Gasteiger partial charge in [-0.3, -0.25) is 0 Å². The van der Waals surface area contributed by atoms with Crippen molar-refractivity contribution >= 4 is 11.2 Å². The Morgan fingerprint density at radius 2 is 1.38 bits per heavy atom. The molecule has 0 saturated heterocycles. The summed E-state index contributed by atoms with van der Waals surface area (Å²) < 4.78 is 66.8. The second-order valence-electron chi connectivity index (χ2n) is 4.35. The number of imidazole rings is 1. The van der Waals surface area contributed by atoms with Crippen LogP contribution in [0.1, 0.15) is 5.69 Å². The van der Waals surface area contributed by atoms with Crippen molar-refractivity contribution in [2.75, 3.05) is 0 Å². The molecule has 0 spiro atoms. The van der Waals surface area contributed by atoms with Crippen LogP contribution in [0.15, 0.2) is 12.1 Å². The predicted molar refractivity (Wildman–Crippen MR) is 63.9 cm³/mol. The molecule has 0 atom stereocenters. The third kappa shape index (κ3) is 1.94. The van der Waals surface area contributed by atoms with E-state index in [-0.39, 0.29) is 5.65 Å². The average Bonchev–Trinajstić information content (AvgIpc) is 2.85. The monoisotopic (exact) mass is 299 g/mol. The zero-order chi connectivity index (χ0) is 15.3. The van der Waals surface area contributed by atoms with Gasteiger partial charge in [-0.2, -0.15) is 0 Å². The molecule has 0 unspecified atom stereocenters. The molecule has 0 amide bonds. The van der Waals surface area contributed by atoms with E-state index in [4.69, 9.17) is 0 Å². The molecule has 0 fully saturated rings. The van der Waals surface area contributed by atoms with Gasteiger partial charge in [0.2, 0.25) is 5.82 Å². The van der Waals surface area contributed by atoms with E-state index in [2.05, 4.69) is 15.0 Å². The van der Waals surface area contributed by atoms with E-state index in [0.29, 0.717) is 11.2 Å². The van der Waals surface area contributed by atoms with Gasteiger partial charge in [0.25, 0.3) is 0 Å². The molecule has 1 aromatic carbocycles. The van der Waals surface area contributed by atoms with Crippen LogP contribution >= 0.6 is 0 Å². The minimum absolute atomic E-state index is 0.119. The highest BCUT2D eigenvalue weighted by Gasteiger charge is 2.28. The molecule has 8 heteroatoms. The van der Waals surface area contributed by atoms with Gasteiger partial charge in [-0.15, -0.1) is 0 Å². The minimum Gasteiger partial charge on any atom is -0.336 e. The Morgan fingerprint density at radius 1 is 0.810 bits per heavy atom. The largest absolute Gasteiger partial charge is 0.336 e. The lowest BCUT2D eigenvalue weighted by Gasteiger charge is -2.05. The topological polar surface area (TPSA) is 41.6 Å². The standard InChI is InChI=1S/C13H6F5N3/c1-4-2-3-5-12(19-4)21-13(20-5)6-7(14)9(16)11(18)10(17)8(6)15/h2-3H,1H3,(H,19,20,21). The van der Waals surface area contributed by atoms with Crippen molar-refractivity contribution < 1.29 is 22.0 Å². The first-order valence-electron chi connectivity index (χ1n) is 5.75. The molecule has 1 N–H and O–H groups in total. The molecule has 0 radical (unpaired) electrons. The summed E-state index contributed by atoms with van der Waals surface area (Å²) >= 11 is 0. The van der Waals surface area contributed by atoms with Crippen molar-refractivity contribution in [3.05, 3.63) is 46.9 Å². The first kappa shape index (κ1) is 13.5. The molecule has 108 valence electrons. The molecule has 3 rings (SSSR count). The van der Waals surface area contributed by atoms with Crippen LogP contribution in [0.4, 0.5) is 22.0 Å². The Balaban J connectivity index is 2.32. The number of benzene rings is 1. The fraction of sp³-hybridized carbons (Fsp3) is 0.0769. The van der Waals surface area contributed by atoms with Crippen LogP contribution < -0.4 is 0 Å². The quantitative estimate of drug-likeness (QED) is 0.423. The van der Waals surface area contributed by atoms with Crippen molar-refractivity contribution in [1.29, 1.82) is 0 Å². The van der Waals surface area contributed by atoms with Crippen LogP contribution in [0.25, 0.3) is 22.6 Å². The summed E-state index contributed by atoms with van der Waals surface area (Å²) in [6.45, 7) is 1.67. The molecule has 0 aliphatic rings. The number of fused-ring (bicyclic) bond motifs is 1. The number of rotatable bonds is 1. The van der Waals surface area contributed by atoms with Crippen molar-refractivity contribution in [3.63, 3.8) is 0 Å². The van der Waals surface area contributed by atoms with Crippen LogP contribution in [-0.4, -0.2) is 15.0 Å². The number of aromatic nitrogens is 3. The van der Waals surface area contributed by atoms with Crippen molar-refractivity contribution in [3.8, 4) is 11.4 Å². The first-order chi connectivity index (χ1) is 9.90. The molecule has 2 heterocycles. The molecule has 0 aliphatic carbocycles. The number of nitrogens with one attached hydrogen (secondary N) is 1. The van der Waals surface area contributed by atoms with E-state index in [1.165, 1.54) is 0 Å². The molecular formula is C13H6F5N3. The third-order valence-corrected chi connectivity index (χ3v) is 2.93. The summed E-state index contributed by atoms with van der Waals surface area (Å²) in [5, 5.41) is 0. The van der Waals surface area contributed by atoms with E-state index in [1.807, 2.05) is 0 Å². The molecule has 2 aromatic heterocycles. The van der Waals surface area contributed by atoms with Gasteiger partial charge in [-0.05, 0) is 19.1 Å². The summed E-state index contributed by atoms with van der Waals surface area (Å²) in [6.07, 6.45) is 0. The van der Waals surface area contributed by atoms with Crippen molar-refractivity contribution in [2.24, 2.45) is 0 Å². The number of H-pyrrole nitrogens is 1. The maximum atomic E-state index is 13.7. The van der Waals surface area contributed by atoms with E-state index in [9.17, 15) is 22.0 Å². The fourth-order valence-electron chi connectivity index (χ4n) is 1.92. The lowest BCUT2D eigenvalue weighted by atomic mass is 10.1. The maximum Gasteiger partial charge on any atom is 0.200 e. The Bertz CT molecular complexity index is 843. The number of aryl methyl sites for hydroxylation is 1. The SMILES string of the molecule is Cc1ccc2[nH]c(-c3c(F)c(F)c(F)c(F)c3F)nc2n1. The Morgan fingerprint density at radius 3 is 2.00 bits per heavy atom. The van der Waals surface area contributed by atoms with E-state index >= 15 is 0 Å². The highest BCUT2D eigenvalue weighted by molar-refractivity contribution is 5.76. The summed E-state index contributed by atoms with van der Waals surface area (Å²) in [7, 11) is 0. The molecule has 0 bridgehead atoms. The number of hydrogen-bond acceptors (Lipinski definition) is 2. The number of halogens is 5. The van der Waals surface area contributed by atoms with Crippen molar-refractivity contribution in [1.82, 2.24) is 15.0 Å². The Hall–Kier alpha value is -2.51. The zero-order valence-electron chi connectivity index (χ0n) is 10.4. The second kappa shape index (κ2) is 4.51. The van der Waals surface area contributed by atoms with Gasteiger partial charge in [-0.1, -0.05) is 0 Å². The smallest absolute Gasteiger partial charge is 0.200 e. The minimum atomic E-state index is -2.21. The number of aromatic amines is 1. The van der Waals surface area contributed by atoms with Crippen LogP contribution in [-0.2, 0) is 0 Å². The van der Waals surface area contributed by atoms with Gasteiger partial charge in [-0.25, -0.2) is 31.9 Å². The zero-order valence-corrected chi connectivity index (χ0v) is 10.4. The van der Waals surface area contributed by atoms with Crippen LogP contribution in [0, 0.1) is 36.0 Å². The van der Waals surface area contributed by atoms with Crippen molar-refractivity contribution in [2.45, 2.75) is 6.92 Å². The lowest BCUT2D eigenvalue weighted by Crippen LogP contribution is -2.04. The first-order valence-corrected chi connectivity index (χ1v) is 5.75. The van der Waals surface area contributed by atoms with E-state index in [1.54, 1.807) is 19.1 Å². The lowest BCUT2D eigenvalue weighted by molar-refractivity contribution is 0.381. The second-order valence-corrected chi connectivity index (χ2v) is 4.35. The van der Waals surface area contributed by atoms with Crippen LogP contribution in [0.5, 0.6) is 0 Å². The van der Waals surface area contributed by atoms with Crippen LogP contribution in [0.3, 0.4) is 0 Å². The molecule has 3 nitrogen and oxygen atoms in total. The molecule has 21 heavy (non-hydrogen) atoms. The normalized spacial score (nSPS) is 11.3. The van der Waals surface area contributed by atoms with Gasteiger partial charge in [0, 0.05) is 5.69 Å². The van der Waals surface area contributed by atoms with Gasteiger partial charge in [0.05, 0.1) is 11.1 Å². The van der Waals surface area contributed by atoms with Gasteiger partial charge in [0.1, 0.15) is 5.82 Å². The molecule has 3 aromatic rings. The third-order valence-electron chi connectivity index (χ3n) is 2.93. The summed E-state index contributed by atoms with van der Waals surface area (Å²) in [5.74, 6) is -10.6. The number of pyridine rings is 1. The predicted octanol–water partition coefficient (Wildman–Crippen LogP) is 3.63. The summed E-state index contributed by atoms with van der Waals surface area (Å²) in [5.41, 5.74) is -0.0755. The van der Waals surface area contributed by atoms with E-state index < -0.39 is 40.5 Å². The highest BCUT2D eigenvalue weighted by atomic mass is 19.2. The number of nitrogens with zero attached hydrogens (tertiary/aromatic N) is 2. The maximum absolute atomic E-state index is 13.7. The molecule has 0 saturated carbocycles. The van der Waals surface area contributed by atoms with Gasteiger partial charge in [0.15, 0.2) is 28.9 Å². The van der Waals surface area contributed by atoms with Crippen LogP contribution in [0.2, 0.25) is 0 Å².